The Morgan fingerprint density at radius 2 is 2.11 bits per heavy atom. The van der Waals surface area contributed by atoms with Crippen LogP contribution in [0.4, 0.5) is 9.18 Å². The van der Waals surface area contributed by atoms with Crippen molar-refractivity contribution in [1.82, 2.24) is 0 Å². The van der Waals surface area contributed by atoms with Gasteiger partial charge in [-0.15, -0.1) is 0 Å². The summed E-state index contributed by atoms with van der Waals surface area (Å²) >= 11 is 0. The molecular formula is C12H14FNO4. The number of amides is 1. The van der Waals surface area contributed by atoms with Gasteiger partial charge in [0.25, 0.3) is 0 Å². The molecule has 0 unspecified atom stereocenters. The van der Waals surface area contributed by atoms with Crippen LogP contribution in [0.25, 0.3) is 0 Å². The second-order valence-electron chi connectivity index (χ2n) is 3.54. The number of ether oxygens (including phenoxy) is 2. The summed E-state index contributed by atoms with van der Waals surface area (Å²) in [5, 5.41) is 0. The Bertz CT molecular complexity index is 448. The van der Waals surface area contributed by atoms with Crippen LogP contribution in [0.1, 0.15) is 23.2 Å². The average Bonchev–Trinajstić information content (AvgIpc) is 2.33. The number of rotatable bonds is 6. The minimum absolute atomic E-state index is 0.0740. The van der Waals surface area contributed by atoms with Crippen LogP contribution in [0.15, 0.2) is 18.2 Å². The maximum Gasteiger partial charge on any atom is 0.404 e. The van der Waals surface area contributed by atoms with Gasteiger partial charge in [0, 0.05) is 12.5 Å². The smallest absolute Gasteiger partial charge is 0.404 e. The molecule has 0 aromatic heterocycles. The van der Waals surface area contributed by atoms with Gasteiger partial charge in [0.15, 0.2) is 5.78 Å². The SMILES string of the molecule is COc1cc(F)ccc1C(=O)CCCOC(N)=O. The molecule has 0 bridgehead atoms. The zero-order valence-corrected chi connectivity index (χ0v) is 9.94. The van der Waals surface area contributed by atoms with Crippen molar-refractivity contribution in [1.29, 1.82) is 0 Å². The summed E-state index contributed by atoms with van der Waals surface area (Å²) in [6.45, 7) is 0.0740. The van der Waals surface area contributed by atoms with Crippen LogP contribution in [0.5, 0.6) is 5.75 Å². The normalized spacial score (nSPS) is 9.89. The summed E-state index contributed by atoms with van der Waals surface area (Å²) in [4.78, 5) is 22.1. The molecule has 0 aliphatic rings. The predicted molar refractivity (Wildman–Crippen MR) is 62.1 cm³/mol. The van der Waals surface area contributed by atoms with Gasteiger partial charge in [0.1, 0.15) is 11.6 Å². The number of primary amides is 1. The van der Waals surface area contributed by atoms with Crippen LogP contribution < -0.4 is 10.5 Å². The lowest BCUT2D eigenvalue weighted by Gasteiger charge is -2.07. The molecule has 18 heavy (non-hydrogen) atoms. The fourth-order valence-corrected chi connectivity index (χ4v) is 1.44. The first-order valence-corrected chi connectivity index (χ1v) is 5.33. The van der Waals surface area contributed by atoms with Crippen LogP contribution in [0.2, 0.25) is 0 Å². The highest BCUT2D eigenvalue weighted by Gasteiger charge is 2.12. The van der Waals surface area contributed by atoms with Gasteiger partial charge in [-0.1, -0.05) is 0 Å². The van der Waals surface area contributed by atoms with Crippen molar-refractivity contribution >= 4 is 11.9 Å². The standard InChI is InChI=1S/C12H14FNO4/c1-17-11-7-8(13)4-5-9(11)10(15)3-2-6-18-12(14)16/h4-5,7H,2-3,6H2,1H3,(H2,14,16). The fourth-order valence-electron chi connectivity index (χ4n) is 1.44. The first-order chi connectivity index (χ1) is 8.54. The Hall–Kier alpha value is -2.11. The topological polar surface area (TPSA) is 78.6 Å². The molecule has 0 spiro atoms. The average molecular weight is 255 g/mol. The molecule has 0 aliphatic carbocycles. The van der Waals surface area contributed by atoms with Crippen molar-refractivity contribution in [3.05, 3.63) is 29.6 Å². The van der Waals surface area contributed by atoms with E-state index >= 15 is 0 Å². The van der Waals surface area contributed by atoms with Gasteiger partial charge < -0.3 is 15.2 Å². The highest BCUT2D eigenvalue weighted by atomic mass is 19.1. The van der Waals surface area contributed by atoms with E-state index in [0.717, 1.165) is 6.07 Å². The van der Waals surface area contributed by atoms with Gasteiger partial charge >= 0.3 is 6.09 Å². The molecule has 0 heterocycles. The number of hydrogen-bond donors (Lipinski definition) is 1. The molecule has 0 aliphatic heterocycles. The molecule has 2 N–H and O–H groups in total. The molecule has 98 valence electrons. The number of nitrogens with two attached hydrogens (primary N) is 1. The highest BCUT2D eigenvalue weighted by molar-refractivity contribution is 5.98. The van der Waals surface area contributed by atoms with Crippen molar-refractivity contribution < 1.29 is 23.5 Å². The van der Waals surface area contributed by atoms with Gasteiger partial charge in [-0.05, 0) is 18.6 Å². The van der Waals surface area contributed by atoms with Gasteiger partial charge in [0.2, 0.25) is 0 Å². The molecule has 0 saturated carbocycles. The predicted octanol–water partition coefficient (Wildman–Crippen LogP) is 1.89. The van der Waals surface area contributed by atoms with E-state index in [4.69, 9.17) is 10.5 Å². The third-order valence-corrected chi connectivity index (χ3v) is 2.26. The Morgan fingerprint density at radius 1 is 1.39 bits per heavy atom. The number of halogens is 1. The van der Waals surface area contributed by atoms with Crippen LogP contribution in [0.3, 0.4) is 0 Å². The Balaban J connectivity index is 2.58. The summed E-state index contributed by atoms with van der Waals surface area (Å²) < 4.78 is 22.4. The number of carbonyl (C=O) groups is 2. The first kappa shape index (κ1) is 14.0. The molecular weight excluding hydrogens is 241 g/mol. The number of methoxy groups -OCH3 is 1. The fraction of sp³-hybridized carbons (Fsp3) is 0.333. The van der Waals surface area contributed by atoms with E-state index in [-0.39, 0.29) is 24.6 Å². The van der Waals surface area contributed by atoms with Crippen molar-refractivity contribution in [3.8, 4) is 5.75 Å². The molecule has 5 nitrogen and oxygen atoms in total. The largest absolute Gasteiger partial charge is 0.496 e. The van der Waals surface area contributed by atoms with Crippen molar-refractivity contribution in [3.63, 3.8) is 0 Å². The van der Waals surface area contributed by atoms with E-state index in [0.29, 0.717) is 12.0 Å². The van der Waals surface area contributed by atoms with Gasteiger partial charge in [-0.25, -0.2) is 9.18 Å². The molecule has 0 saturated heterocycles. The summed E-state index contributed by atoms with van der Waals surface area (Å²) in [6, 6.07) is 3.70. The second kappa shape index (κ2) is 6.58. The number of hydrogen-bond acceptors (Lipinski definition) is 4. The van der Waals surface area contributed by atoms with E-state index in [1.807, 2.05) is 0 Å². The maximum atomic E-state index is 12.9. The molecule has 1 rings (SSSR count). The van der Waals surface area contributed by atoms with Gasteiger partial charge in [0.05, 0.1) is 19.3 Å². The zero-order valence-electron chi connectivity index (χ0n) is 9.94. The lowest BCUT2D eigenvalue weighted by Crippen LogP contribution is -2.14. The van der Waals surface area contributed by atoms with Crippen molar-refractivity contribution in [2.45, 2.75) is 12.8 Å². The minimum atomic E-state index is -0.873. The summed E-state index contributed by atoms with van der Waals surface area (Å²) in [5.41, 5.74) is 5.08. The lowest BCUT2D eigenvalue weighted by molar-refractivity contribution is 0.0960. The monoisotopic (exact) mass is 255 g/mol. The number of Topliss-reactive ketones (excluding diaryl/α,β-unsaturated/α-hetero) is 1. The molecule has 1 aromatic carbocycles. The molecule has 1 aromatic rings. The summed E-state index contributed by atoms with van der Waals surface area (Å²) in [6.07, 6.45) is -0.362. The van der Waals surface area contributed by atoms with Crippen LogP contribution in [-0.2, 0) is 4.74 Å². The third-order valence-electron chi connectivity index (χ3n) is 2.26. The molecule has 6 heteroatoms. The molecule has 0 radical (unpaired) electrons. The molecule has 1 amide bonds. The van der Waals surface area contributed by atoms with E-state index in [1.165, 1.54) is 19.2 Å². The maximum absolute atomic E-state index is 12.9. The Labute approximate surface area is 104 Å². The Kier molecular flexibility index (Phi) is 5.10. The van der Waals surface area contributed by atoms with Gasteiger partial charge in [-0.3, -0.25) is 4.79 Å². The highest BCUT2D eigenvalue weighted by Crippen LogP contribution is 2.21. The second-order valence-corrected chi connectivity index (χ2v) is 3.54. The van der Waals surface area contributed by atoms with Crippen molar-refractivity contribution in [2.24, 2.45) is 5.73 Å². The molecule has 0 atom stereocenters. The van der Waals surface area contributed by atoms with E-state index < -0.39 is 11.9 Å². The summed E-state index contributed by atoms with van der Waals surface area (Å²) in [5.74, 6) is -0.490. The number of benzene rings is 1. The molecule has 0 fully saturated rings. The van der Waals surface area contributed by atoms with Crippen molar-refractivity contribution in [2.75, 3.05) is 13.7 Å². The van der Waals surface area contributed by atoms with E-state index in [2.05, 4.69) is 4.74 Å². The van der Waals surface area contributed by atoms with E-state index in [9.17, 15) is 14.0 Å². The van der Waals surface area contributed by atoms with Crippen LogP contribution in [0, 0.1) is 5.82 Å². The third kappa shape index (κ3) is 4.04. The number of carbonyl (C=O) groups excluding carboxylic acids is 2. The zero-order chi connectivity index (χ0) is 13.5. The van der Waals surface area contributed by atoms with Crippen LogP contribution >= 0.6 is 0 Å². The quantitative estimate of drug-likeness (QED) is 0.622. The lowest BCUT2D eigenvalue weighted by atomic mass is 10.1. The Morgan fingerprint density at radius 3 is 2.72 bits per heavy atom. The first-order valence-electron chi connectivity index (χ1n) is 5.33. The summed E-state index contributed by atoms with van der Waals surface area (Å²) in [7, 11) is 1.36. The van der Waals surface area contributed by atoms with Crippen LogP contribution in [-0.4, -0.2) is 25.6 Å². The number of ketones is 1. The minimum Gasteiger partial charge on any atom is -0.496 e. The van der Waals surface area contributed by atoms with E-state index in [1.54, 1.807) is 0 Å². The van der Waals surface area contributed by atoms with Gasteiger partial charge in [-0.2, -0.15) is 0 Å².